The Kier molecular flexibility index (Phi) is 6.61. The molecule has 5 heteroatoms. The van der Waals surface area contributed by atoms with Gasteiger partial charge in [0, 0.05) is 19.7 Å². The Morgan fingerprint density at radius 2 is 1.70 bits per heavy atom. The predicted molar refractivity (Wildman–Crippen MR) is 107 cm³/mol. The average molecular weight is 368 g/mol. The quantitative estimate of drug-likeness (QED) is 0.846. The molecule has 0 aliphatic heterocycles. The molecule has 0 saturated carbocycles. The molecule has 2 rings (SSSR count). The number of carbonyl (C=O) groups is 2. The molecule has 2 amide bonds. The van der Waals surface area contributed by atoms with Crippen molar-refractivity contribution < 1.29 is 14.3 Å². The number of amides is 2. The van der Waals surface area contributed by atoms with E-state index in [0.717, 1.165) is 5.56 Å². The van der Waals surface area contributed by atoms with Crippen molar-refractivity contribution in [2.75, 3.05) is 20.7 Å². The summed E-state index contributed by atoms with van der Waals surface area (Å²) in [5.41, 5.74) is 1.40. The lowest BCUT2D eigenvalue weighted by molar-refractivity contribution is -0.130. The lowest BCUT2D eigenvalue weighted by atomic mass is 9.82. The van der Waals surface area contributed by atoms with Crippen LogP contribution < -0.4 is 10.1 Å². The molecule has 27 heavy (non-hydrogen) atoms. The second-order valence-electron chi connectivity index (χ2n) is 7.79. The summed E-state index contributed by atoms with van der Waals surface area (Å²) < 4.78 is 5.51. The highest BCUT2D eigenvalue weighted by molar-refractivity contribution is 5.95. The SMILES string of the molecule is CN(C)C(=O)COc1cccc(C(=O)NC(c2ccccc2)C(C)(C)C)c1. The molecule has 0 heterocycles. The zero-order valence-corrected chi connectivity index (χ0v) is 16.7. The van der Waals surface area contributed by atoms with Gasteiger partial charge in [-0.3, -0.25) is 9.59 Å². The number of ether oxygens (including phenoxy) is 1. The Hall–Kier alpha value is -2.82. The van der Waals surface area contributed by atoms with Crippen molar-refractivity contribution in [2.24, 2.45) is 5.41 Å². The third kappa shape index (κ3) is 5.84. The zero-order valence-electron chi connectivity index (χ0n) is 16.7. The lowest BCUT2D eigenvalue weighted by Gasteiger charge is -2.32. The molecule has 0 radical (unpaired) electrons. The van der Waals surface area contributed by atoms with Gasteiger partial charge in [0.2, 0.25) is 0 Å². The third-order valence-electron chi connectivity index (χ3n) is 4.23. The second-order valence-corrected chi connectivity index (χ2v) is 7.79. The van der Waals surface area contributed by atoms with Gasteiger partial charge in [0.05, 0.1) is 6.04 Å². The minimum absolute atomic E-state index is 0.0628. The van der Waals surface area contributed by atoms with Crippen molar-refractivity contribution in [1.29, 1.82) is 0 Å². The molecule has 1 unspecified atom stereocenters. The van der Waals surface area contributed by atoms with Crippen LogP contribution in [0.15, 0.2) is 54.6 Å². The average Bonchev–Trinajstić information content (AvgIpc) is 2.63. The van der Waals surface area contributed by atoms with E-state index < -0.39 is 0 Å². The van der Waals surface area contributed by atoms with Gasteiger partial charge in [-0.1, -0.05) is 57.2 Å². The number of benzene rings is 2. The molecular formula is C22H28N2O3. The highest BCUT2D eigenvalue weighted by Gasteiger charge is 2.28. The Labute approximate surface area is 161 Å². The van der Waals surface area contributed by atoms with Crippen molar-refractivity contribution in [1.82, 2.24) is 10.2 Å². The summed E-state index contributed by atoms with van der Waals surface area (Å²) in [6.07, 6.45) is 0. The molecule has 0 fully saturated rings. The molecule has 2 aromatic carbocycles. The maximum Gasteiger partial charge on any atom is 0.259 e. The summed E-state index contributed by atoms with van der Waals surface area (Å²) in [5, 5.41) is 3.13. The van der Waals surface area contributed by atoms with E-state index in [-0.39, 0.29) is 29.9 Å². The first-order chi connectivity index (χ1) is 12.7. The van der Waals surface area contributed by atoms with E-state index in [1.807, 2.05) is 30.3 Å². The highest BCUT2D eigenvalue weighted by atomic mass is 16.5. The van der Waals surface area contributed by atoms with Crippen molar-refractivity contribution >= 4 is 11.8 Å². The van der Waals surface area contributed by atoms with Crippen LogP contribution in [0.1, 0.15) is 42.7 Å². The Morgan fingerprint density at radius 3 is 2.30 bits per heavy atom. The molecule has 1 atom stereocenters. The van der Waals surface area contributed by atoms with Crippen molar-refractivity contribution in [3.63, 3.8) is 0 Å². The Morgan fingerprint density at radius 1 is 1.04 bits per heavy atom. The number of nitrogens with zero attached hydrogens (tertiary/aromatic N) is 1. The molecule has 5 nitrogen and oxygen atoms in total. The van der Waals surface area contributed by atoms with E-state index in [1.165, 1.54) is 4.90 Å². The number of hydrogen-bond donors (Lipinski definition) is 1. The maximum atomic E-state index is 12.8. The molecular weight excluding hydrogens is 340 g/mol. The smallest absolute Gasteiger partial charge is 0.259 e. The van der Waals surface area contributed by atoms with Crippen LogP contribution in [0.3, 0.4) is 0 Å². The summed E-state index contributed by atoms with van der Waals surface area (Å²) in [7, 11) is 3.34. The van der Waals surface area contributed by atoms with Crippen LogP contribution in [0, 0.1) is 5.41 Å². The topological polar surface area (TPSA) is 58.6 Å². The summed E-state index contributed by atoms with van der Waals surface area (Å²) in [5.74, 6) is 0.176. The van der Waals surface area contributed by atoms with Gasteiger partial charge in [-0.05, 0) is 29.2 Å². The van der Waals surface area contributed by atoms with Gasteiger partial charge in [0.15, 0.2) is 6.61 Å². The molecule has 144 valence electrons. The van der Waals surface area contributed by atoms with Crippen molar-refractivity contribution in [3.05, 3.63) is 65.7 Å². The van der Waals surface area contributed by atoms with Crippen LogP contribution in [0.5, 0.6) is 5.75 Å². The van der Waals surface area contributed by atoms with E-state index in [0.29, 0.717) is 11.3 Å². The molecule has 0 bridgehead atoms. The zero-order chi connectivity index (χ0) is 20.0. The van der Waals surface area contributed by atoms with Crippen molar-refractivity contribution in [2.45, 2.75) is 26.8 Å². The lowest BCUT2D eigenvalue weighted by Crippen LogP contribution is -2.36. The first-order valence-corrected chi connectivity index (χ1v) is 8.97. The highest BCUT2D eigenvalue weighted by Crippen LogP contribution is 2.33. The number of carbonyl (C=O) groups excluding carboxylic acids is 2. The van der Waals surface area contributed by atoms with Gasteiger partial charge < -0.3 is 15.0 Å². The molecule has 0 saturated heterocycles. The van der Waals surface area contributed by atoms with E-state index >= 15 is 0 Å². The third-order valence-corrected chi connectivity index (χ3v) is 4.23. The van der Waals surface area contributed by atoms with Crippen LogP contribution in [-0.2, 0) is 4.79 Å². The fourth-order valence-corrected chi connectivity index (χ4v) is 2.66. The fraction of sp³-hybridized carbons (Fsp3) is 0.364. The monoisotopic (exact) mass is 368 g/mol. The maximum absolute atomic E-state index is 12.8. The first-order valence-electron chi connectivity index (χ1n) is 8.97. The molecule has 0 aliphatic rings. The summed E-state index contributed by atoms with van der Waals surface area (Å²) in [6.45, 7) is 6.22. The first kappa shape index (κ1) is 20.5. The standard InChI is InChI=1S/C22H28N2O3/c1-22(2,3)20(16-10-7-6-8-11-16)23-21(26)17-12-9-13-18(14-17)27-15-19(25)24(4)5/h6-14,20H,15H2,1-5H3,(H,23,26). The number of hydrogen-bond acceptors (Lipinski definition) is 3. The molecule has 0 aromatic heterocycles. The van der Waals surface area contributed by atoms with Gasteiger partial charge in [-0.25, -0.2) is 0 Å². The van der Waals surface area contributed by atoms with Crippen LogP contribution in [-0.4, -0.2) is 37.4 Å². The summed E-state index contributed by atoms with van der Waals surface area (Å²) in [4.78, 5) is 26.0. The number of nitrogens with one attached hydrogen (secondary N) is 1. The van der Waals surface area contributed by atoms with Gasteiger partial charge in [-0.15, -0.1) is 0 Å². The Bertz CT molecular complexity index is 780. The van der Waals surface area contributed by atoms with E-state index in [9.17, 15) is 9.59 Å². The van der Waals surface area contributed by atoms with Gasteiger partial charge in [0.25, 0.3) is 11.8 Å². The van der Waals surface area contributed by atoms with E-state index in [2.05, 4.69) is 26.1 Å². The second kappa shape index (κ2) is 8.71. The van der Waals surface area contributed by atoms with Gasteiger partial charge in [0.1, 0.15) is 5.75 Å². The van der Waals surface area contributed by atoms with E-state index in [4.69, 9.17) is 4.74 Å². The Balaban J connectivity index is 2.14. The van der Waals surface area contributed by atoms with Crippen LogP contribution in [0.2, 0.25) is 0 Å². The molecule has 2 aromatic rings. The molecule has 1 N–H and O–H groups in total. The van der Waals surface area contributed by atoms with Crippen LogP contribution in [0.25, 0.3) is 0 Å². The number of likely N-dealkylation sites (N-methyl/N-ethyl adjacent to an activating group) is 1. The fourth-order valence-electron chi connectivity index (χ4n) is 2.66. The van der Waals surface area contributed by atoms with Crippen LogP contribution >= 0.6 is 0 Å². The summed E-state index contributed by atoms with van der Waals surface area (Å²) in [6, 6.07) is 16.7. The normalized spacial score (nSPS) is 12.2. The predicted octanol–water partition coefficient (Wildman–Crippen LogP) is 3.67. The minimum atomic E-state index is -0.178. The van der Waals surface area contributed by atoms with Gasteiger partial charge >= 0.3 is 0 Å². The van der Waals surface area contributed by atoms with Crippen LogP contribution in [0.4, 0.5) is 0 Å². The molecule has 0 aliphatic carbocycles. The van der Waals surface area contributed by atoms with E-state index in [1.54, 1.807) is 38.4 Å². The number of rotatable bonds is 6. The summed E-state index contributed by atoms with van der Waals surface area (Å²) >= 11 is 0. The minimum Gasteiger partial charge on any atom is -0.484 e. The van der Waals surface area contributed by atoms with Gasteiger partial charge in [-0.2, -0.15) is 0 Å². The molecule has 0 spiro atoms. The largest absolute Gasteiger partial charge is 0.484 e. The van der Waals surface area contributed by atoms with Crippen molar-refractivity contribution in [3.8, 4) is 5.75 Å².